The average molecular weight is 362 g/mol. The van der Waals surface area contributed by atoms with E-state index in [4.69, 9.17) is 0 Å². The molecule has 7 nitrogen and oxygen atoms in total. The Kier molecular flexibility index (Phi) is 4.66. The average Bonchev–Trinajstić information content (AvgIpc) is 2.72. The van der Waals surface area contributed by atoms with Crippen LogP contribution in [0.15, 0.2) is 42.9 Å². The molecule has 4 rings (SSSR count). The zero-order valence-electron chi connectivity index (χ0n) is 15.5. The van der Waals surface area contributed by atoms with E-state index in [0.29, 0.717) is 24.8 Å². The number of fused-ring (bicyclic) bond motifs is 1. The number of benzene rings is 1. The van der Waals surface area contributed by atoms with Crippen LogP contribution in [0.25, 0.3) is 11.0 Å². The molecule has 0 radical (unpaired) electrons. The van der Waals surface area contributed by atoms with Crippen molar-refractivity contribution in [2.45, 2.75) is 25.8 Å². The van der Waals surface area contributed by atoms with Gasteiger partial charge in [0.2, 0.25) is 0 Å². The van der Waals surface area contributed by atoms with E-state index >= 15 is 0 Å². The van der Waals surface area contributed by atoms with Gasteiger partial charge in [-0.05, 0) is 31.9 Å². The summed E-state index contributed by atoms with van der Waals surface area (Å²) in [6, 6.07) is 9.94. The number of anilines is 1. The first kappa shape index (κ1) is 17.3. The smallest absolute Gasteiger partial charge is 0.274 e. The SMILES string of the molecule is Cc1cc(N(C)C2CCN(C(=O)c3cnc4ccccc4n3)CC2)ncn1. The van der Waals surface area contributed by atoms with Crippen LogP contribution >= 0.6 is 0 Å². The maximum absolute atomic E-state index is 12.8. The second-order valence-corrected chi connectivity index (χ2v) is 6.90. The number of hydrogen-bond acceptors (Lipinski definition) is 6. The minimum absolute atomic E-state index is 0.0489. The highest BCUT2D eigenvalue weighted by molar-refractivity contribution is 5.93. The van der Waals surface area contributed by atoms with Crippen molar-refractivity contribution in [3.63, 3.8) is 0 Å². The zero-order valence-corrected chi connectivity index (χ0v) is 15.5. The van der Waals surface area contributed by atoms with Crippen molar-refractivity contribution in [2.75, 3.05) is 25.0 Å². The van der Waals surface area contributed by atoms with Gasteiger partial charge in [-0.15, -0.1) is 0 Å². The van der Waals surface area contributed by atoms with Crippen molar-refractivity contribution in [1.82, 2.24) is 24.8 Å². The number of likely N-dealkylation sites (tertiary alicyclic amines) is 1. The molecule has 3 heterocycles. The predicted octanol–water partition coefficient (Wildman–Crippen LogP) is 2.47. The zero-order chi connectivity index (χ0) is 18.8. The van der Waals surface area contributed by atoms with Gasteiger partial charge in [0.25, 0.3) is 5.91 Å². The Hall–Kier alpha value is -3.09. The van der Waals surface area contributed by atoms with Gasteiger partial charge >= 0.3 is 0 Å². The van der Waals surface area contributed by atoms with Crippen LogP contribution in [0.5, 0.6) is 0 Å². The lowest BCUT2D eigenvalue weighted by Gasteiger charge is -2.37. The highest BCUT2D eigenvalue weighted by atomic mass is 16.2. The summed E-state index contributed by atoms with van der Waals surface area (Å²) in [6.45, 7) is 3.36. The third-order valence-electron chi connectivity index (χ3n) is 5.12. The topological polar surface area (TPSA) is 75.1 Å². The number of para-hydroxylation sites is 2. The van der Waals surface area contributed by atoms with Crippen molar-refractivity contribution < 1.29 is 4.79 Å². The van der Waals surface area contributed by atoms with Crippen molar-refractivity contribution >= 4 is 22.8 Å². The fourth-order valence-electron chi connectivity index (χ4n) is 3.50. The number of hydrogen-bond donors (Lipinski definition) is 0. The molecule has 1 aromatic carbocycles. The Morgan fingerprint density at radius 3 is 2.59 bits per heavy atom. The van der Waals surface area contributed by atoms with Crippen LogP contribution in [0.4, 0.5) is 5.82 Å². The largest absolute Gasteiger partial charge is 0.356 e. The molecular formula is C20H22N6O. The molecule has 1 amide bonds. The van der Waals surface area contributed by atoms with Crippen LogP contribution in [0.1, 0.15) is 29.0 Å². The molecule has 1 aliphatic rings. The number of aryl methyl sites for hydroxylation is 1. The van der Waals surface area contributed by atoms with Gasteiger partial charge in [0.05, 0.1) is 17.2 Å². The number of nitrogens with zero attached hydrogens (tertiary/aromatic N) is 6. The van der Waals surface area contributed by atoms with Gasteiger partial charge in [-0.25, -0.2) is 15.0 Å². The third kappa shape index (κ3) is 3.58. The Labute approximate surface area is 158 Å². The molecule has 0 bridgehead atoms. The molecule has 2 aromatic heterocycles. The Bertz CT molecular complexity index is 967. The summed E-state index contributed by atoms with van der Waals surface area (Å²) in [5, 5.41) is 0. The molecule has 0 N–H and O–H groups in total. The molecule has 0 unspecified atom stereocenters. The maximum atomic E-state index is 12.8. The van der Waals surface area contributed by atoms with Crippen LogP contribution in [0, 0.1) is 6.92 Å². The van der Waals surface area contributed by atoms with E-state index in [1.807, 2.05) is 42.2 Å². The van der Waals surface area contributed by atoms with Gasteiger partial charge in [-0.2, -0.15) is 0 Å². The summed E-state index contributed by atoms with van der Waals surface area (Å²) >= 11 is 0. The molecular weight excluding hydrogens is 340 g/mol. The van der Waals surface area contributed by atoms with Gasteiger partial charge in [0.15, 0.2) is 0 Å². The van der Waals surface area contributed by atoms with E-state index in [2.05, 4.69) is 31.9 Å². The molecule has 27 heavy (non-hydrogen) atoms. The Morgan fingerprint density at radius 2 is 1.85 bits per heavy atom. The molecule has 0 saturated carbocycles. The van der Waals surface area contributed by atoms with Gasteiger partial charge in [0, 0.05) is 37.9 Å². The van der Waals surface area contributed by atoms with Gasteiger partial charge < -0.3 is 9.80 Å². The second kappa shape index (κ2) is 7.26. The van der Waals surface area contributed by atoms with Crippen molar-refractivity contribution in [3.8, 4) is 0 Å². The fraction of sp³-hybridized carbons (Fsp3) is 0.350. The first-order valence-corrected chi connectivity index (χ1v) is 9.14. The monoisotopic (exact) mass is 362 g/mol. The van der Waals surface area contributed by atoms with Crippen LogP contribution < -0.4 is 4.90 Å². The van der Waals surface area contributed by atoms with Crippen molar-refractivity contribution in [3.05, 3.63) is 54.2 Å². The van der Waals surface area contributed by atoms with Gasteiger partial charge in [-0.1, -0.05) is 12.1 Å². The minimum Gasteiger partial charge on any atom is -0.356 e. The summed E-state index contributed by atoms with van der Waals surface area (Å²) in [5.74, 6) is 0.875. The number of carbonyl (C=O) groups excluding carboxylic acids is 1. The van der Waals surface area contributed by atoms with Crippen LogP contribution in [0.2, 0.25) is 0 Å². The quantitative estimate of drug-likeness (QED) is 0.712. The third-order valence-corrected chi connectivity index (χ3v) is 5.12. The fourth-order valence-corrected chi connectivity index (χ4v) is 3.50. The molecule has 0 atom stereocenters. The number of carbonyl (C=O) groups is 1. The van der Waals surface area contributed by atoms with E-state index in [-0.39, 0.29) is 5.91 Å². The summed E-state index contributed by atoms with van der Waals surface area (Å²) in [4.78, 5) is 34.2. The van der Waals surface area contributed by atoms with E-state index in [9.17, 15) is 4.79 Å². The maximum Gasteiger partial charge on any atom is 0.274 e. The van der Waals surface area contributed by atoms with Gasteiger partial charge in [0.1, 0.15) is 17.8 Å². The summed E-state index contributed by atoms with van der Waals surface area (Å²) < 4.78 is 0. The molecule has 0 spiro atoms. The van der Waals surface area contributed by atoms with Crippen LogP contribution in [-0.4, -0.2) is 56.9 Å². The Morgan fingerprint density at radius 1 is 1.11 bits per heavy atom. The number of aromatic nitrogens is 4. The lowest BCUT2D eigenvalue weighted by molar-refractivity contribution is 0.0707. The molecule has 0 aliphatic carbocycles. The highest BCUT2D eigenvalue weighted by Gasteiger charge is 2.27. The first-order chi connectivity index (χ1) is 13.1. The van der Waals surface area contributed by atoms with E-state index < -0.39 is 0 Å². The predicted molar refractivity (Wildman–Crippen MR) is 104 cm³/mol. The Balaban J connectivity index is 1.43. The summed E-state index contributed by atoms with van der Waals surface area (Å²) in [5.41, 5.74) is 2.91. The van der Waals surface area contributed by atoms with Crippen LogP contribution in [-0.2, 0) is 0 Å². The summed E-state index contributed by atoms with van der Waals surface area (Å²) in [7, 11) is 2.05. The molecule has 1 aliphatic heterocycles. The van der Waals surface area contributed by atoms with E-state index in [0.717, 1.165) is 35.4 Å². The number of amides is 1. The minimum atomic E-state index is -0.0489. The normalized spacial score (nSPS) is 15.1. The molecule has 1 saturated heterocycles. The van der Waals surface area contributed by atoms with E-state index in [1.54, 1.807) is 12.5 Å². The lowest BCUT2D eigenvalue weighted by atomic mass is 10.0. The number of rotatable bonds is 3. The molecule has 7 heteroatoms. The van der Waals surface area contributed by atoms with E-state index in [1.165, 1.54) is 0 Å². The molecule has 3 aromatic rings. The van der Waals surface area contributed by atoms with Crippen LogP contribution in [0.3, 0.4) is 0 Å². The lowest BCUT2D eigenvalue weighted by Crippen LogP contribution is -2.46. The second-order valence-electron chi connectivity index (χ2n) is 6.90. The molecule has 1 fully saturated rings. The van der Waals surface area contributed by atoms with Crippen molar-refractivity contribution in [1.29, 1.82) is 0 Å². The highest BCUT2D eigenvalue weighted by Crippen LogP contribution is 2.21. The standard InChI is InChI=1S/C20H22N6O/c1-14-11-19(23-13-22-14)25(2)15-7-9-26(10-8-15)20(27)18-12-21-16-5-3-4-6-17(16)24-18/h3-6,11-13,15H,7-10H2,1-2H3. The first-order valence-electron chi connectivity index (χ1n) is 9.14. The van der Waals surface area contributed by atoms with Crippen molar-refractivity contribution in [2.24, 2.45) is 0 Å². The van der Waals surface area contributed by atoms with Gasteiger partial charge in [-0.3, -0.25) is 9.78 Å². The number of piperidine rings is 1. The summed E-state index contributed by atoms with van der Waals surface area (Å²) in [6.07, 6.45) is 4.96. The molecule has 138 valence electrons.